The van der Waals surface area contributed by atoms with Crippen LogP contribution in [0.2, 0.25) is 0 Å². The van der Waals surface area contributed by atoms with Gasteiger partial charge in [0, 0.05) is 12.6 Å². The molecular weight excluding hydrogens is 196 g/mol. The van der Waals surface area contributed by atoms with Crippen LogP contribution in [0.5, 0.6) is 0 Å². The smallest absolute Gasteiger partial charge is 0.315 e. The fourth-order valence-corrected chi connectivity index (χ4v) is 1.70. The highest BCUT2D eigenvalue weighted by atomic mass is 16.5. The molecule has 6 nitrogen and oxygen atoms in total. The molecule has 0 bridgehead atoms. The lowest BCUT2D eigenvalue weighted by Gasteiger charge is -2.27. The van der Waals surface area contributed by atoms with Crippen molar-refractivity contribution in [2.24, 2.45) is 5.73 Å². The summed E-state index contributed by atoms with van der Waals surface area (Å²) in [6.45, 7) is 3.11. The van der Waals surface area contributed by atoms with Crippen LogP contribution < -0.4 is 11.1 Å². The third-order valence-corrected chi connectivity index (χ3v) is 2.45. The Kier molecular flexibility index (Phi) is 3.17. The number of hydrogen-bond acceptors (Lipinski definition) is 6. The monoisotopic (exact) mass is 212 g/mol. The summed E-state index contributed by atoms with van der Waals surface area (Å²) < 4.78 is 10.7. The zero-order valence-corrected chi connectivity index (χ0v) is 8.77. The van der Waals surface area contributed by atoms with E-state index in [9.17, 15) is 0 Å². The minimum Gasteiger partial charge on any atom is -0.407 e. The number of hydrogen-bond donors (Lipinski definition) is 2. The Hall–Kier alpha value is -1.14. The first-order chi connectivity index (χ1) is 7.28. The molecule has 1 aliphatic heterocycles. The van der Waals surface area contributed by atoms with Gasteiger partial charge < -0.3 is 20.2 Å². The molecule has 2 atom stereocenters. The highest BCUT2D eigenvalue weighted by molar-refractivity contribution is 5.19. The molecule has 1 aromatic rings. The van der Waals surface area contributed by atoms with Crippen molar-refractivity contribution in [2.45, 2.75) is 38.5 Å². The Morgan fingerprint density at radius 1 is 1.53 bits per heavy atom. The Balaban J connectivity index is 1.90. The van der Waals surface area contributed by atoms with Gasteiger partial charge in [0.2, 0.25) is 5.89 Å². The van der Waals surface area contributed by atoms with Crippen molar-refractivity contribution in [3.63, 3.8) is 0 Å². The topological polar surface area (TPSA) is 86.2 Å². The number of anilines is 1. The number of nitrogens with two attached hydrogens (primary N) is 1. The highest BCUT2D eigenvalue weighted by Crippen LogP contribution is 2.17. The normalized spacial score (nSPS) is 26.5. The highest BCUT2D eigenvalue weighted by Gasteiger charge is 2.20. The van der Waals surface area contributed by atoms with Gasteiger partial charge in [-0.2, -0.15) is 0 Å². The van der Waals surface area contributed by atoms with E-state index in [0.717, 1.165) is 19.4 Å². The molecule has 2 unspecified atom stereocenters. The maximum atomic E-state index is 5.45. The second-order valence-corrected chi connectivity index (χ2v) is 3.75. The lowest BCUT2D eigenvalue weighted by Crippen LogP contribution is -2.32. The molecule has 1 aliphatic rings. The van der Waals surface area contributed by atoms with Gasteiger partial charge in [0.1, 0.15) is 0 Å². The lowest BCUT2D eigenvalue weighted by molar-refractivity contribution is 0.0229. The van der Waals surface area contributed by atoms with Crippen molar-refractivity contribution in [2.75, 3.05) is 11.9 Å². The van der Waals surface area contributed by atoms with Crippen molar-refractivity contribution in [1.29, 1.82) is 0 Å². The Morgan fingerprint density at radius 2 is 2.40 bits per heavy atom. The van der Waals surface area contributed by atoms with E-state index >= 15 is 0 Å². The summed E-state index contributed by atoms with van der Waals surface area (Å²) in [6, 6.07) is 0.800. The van der Waals surface area contributed by atoms with Crippen LogP contribution in [0.25, 0.3) is 0 Å². The summed E-state index contributed by atoms with van der Waals surface area (Å²) in [4.78, 5) is 0. The maximum Gasteiger partial charge on any atom is 0.315 e. The Morgan fingerprint density at radius 3 is 3.07 bits per heavy atom. The number of nitrogens with zero attached hydrogens (tertiary/aromatic N) is 2. The van der Waals surface area contributed by atoms with E-state index in [4.69, 9.17) is 14.9 Å². The molecular formula is C9H16N4O2. The molecule has 0 spiro atoms. The van der Waals surface area contributed by atoms with Crippen molar-refractivity contribution >= 4 is 6.01 Å². The molecule has 2 rings (SSSR count). The van der Waals surface area contributed by atoms with Gasteiger partial charge in [-0.25, -0.2) is 0 Å². The molecule has 6 heteroatoms. The van der Waals surface area contributed by atoms with Crippen molar-refractivity contribution in [3.05, 3.63) is 5.89 Å². The van der Waals surface area contributed by atoms with Gasteiger partial charge >= 0.3 is 6.01 Å². The molecule has 0 aliphatic carbocycles. The molecule has 0 saturated carbocycles. The largest absolute Gasteiger partial charge is 0.407 e. The van der Waals surface area contributed by atoms with Crippen LogP contribution in [0.15, 0.2) is 4.42 Å². The summed E-state index contributed by atoms with van der Waals surface area (Å²) in [6.07, 6.45) is 2.21. The molecule has 1 fully saturated rings. The Bertz CT molecular complexity index is 315. The third-order valence-electron chi connectivity index (χ3n) is 2.45. The molecule has 3 N–H and O–H groups in total. The molecule has 0 aromatic carbocycles. The molecule has 0 amide bonds. The van der Waals surface area contributed by atoms with E-state index in [0.29, 0.717) is 17.9 Å². The minimum absolute atomic E-state index is 0.277. The van der Waals surface area contributed by atoms with Gasteiger partial charge in [0.15, 0.2) is 0 Å². The Labute approximate surface area is 88.2 Å². The quantitative estimate of drug-likeness (QED) is 0.759. The fourth-order valence-electron chi connectivity index (χ4n) is 1.70. The van der Waals surface area contributed by atoms with Gasteiger partial charge in [-0.1, -0.05) is 5.10 Å². The van der Waals surface area contributed by atoms with Crippen molar-refractivity contribution in [3.8, 4) is 0 Å². The van der Waals surface area contributed by atoms with E-state index in [1.165, 1.54) is 0 Å². The van der Waals surface area contributed by atoms with Crippen LogP contribution in [0.3, 0.4) is 0 Å². The molecule has 84 valence electrons. The zero-order chi connectivity index (χ0) is 10.7. The van der Waals surface area contributed by atoms with Crippen LogP contribution in [0.1, 0.15) is 25.7 Å². The standard InChI is InChI=1S/C9H16N4O2/c1-6-4-7(2-3-14-6)11-9-13-12-8(5-10)15-9/h6-7H,2-5,10H2,1H3,(H,11,13). The first-order valence-electron chi connectivity index (χ1n) is 5.18. The summed E-state index contributed by atoms with van der Waals surface area (Å²) in [5.74, 6) is 0.456. The van der Waals surface area contributed by atoms with Crippen molar-refractivity contribution in [1.82, 2.24) is 10.2 Å². The molecule has 1 saturated heterocycles. The second-order valence-electron chi connectivity index (χ2n) is 3.75. The van der Waals surface area contributed by atoms with Gasteiger partial charge in [-0.05, 0) is 19.8 Å². The summed E-state index contributed by atoms with van der Waals surface area (Å²) >= 11 is 0. The van der Waals surface area contributed by atoms with Crippen LogP contribution in [-0.2, 0) is 11.3 Å². The van der Waals surface area contributed by atoms with Gasteiger partial charge in [-0.15, -0.1) is 5.10 Å². The minimum atomic E-state index is 0.277. The molecule has 2 heterocycles. The predicted molar refractivity (Wildman–Crippen MR) is 54.2 cm³/mol. The zero-order valence-electron chi connectivity index (χ0n) is 8.77. The third kappa shape index (κ3) is 2.66. The number of aromatic nitrogens is 2. The maximum absolute atomic E-state index is 5.45. The van der Waals surface area contributed by atoms with Gasteiger partial charge in [0.25, 0.3) is 0 Å². The van der Waals surface area contributed by atoms with E-state index in [2.05, 4.69) is 22.4 Å². The SMILES string of the molecule is CC1CC(Nc2nnc(CN)o2)CCO1. The van der Waals surface area contributed by atoms with E-state index in [-0.39, 0.29) is 12.6 Å². The average molecular weight is 212 g/mol. The molecule has 1 aromatic heterocycles. The summed E-state index contributed by atoms with van der Waals surface area (Å²) in [7, 11) is 0. The average Bonchev–Trinajstić information content (AvgIpc) is 2.65. The van der Waals surface area contributed by atoms with Gasteiger partial charge in [-0.3, -0.25) is 0 Å². The summed E-state index contributed by atoms with van der Waals surface area (Å²) in [5.41, 5.74) is 5.37. The first kappa shape index (κ1) is 10.4. The van der Waals surface area contributed by atoms with Gasteiger partial charge in [0.05, 0.1) is 12.6 Å². The van der Waals surface area contributed by atoms with Crippen LogP contribution >= 0.6 is 0 Å². The molecule has 0 radical (unpaired) electrons. The van der Waals surface area contributed by atoms with Crippen LogP contribution in [0, 0.1) is 0 Å². The predicted octanol–water partition coefficient (Wildman–Crippen LogP) is 0.508. The van der Waals surface area contributed by atoms with Crippen LogP contribution in [0.4, 0.5) is 6.01 Å². The van der Waals surface area contributed by atoms with E-state index < -0.39 is 0 Å². The molecule has 15 heavy (non-hydrogen) atoms. The van der Waals surface area contributed by atoms with Crippen molar-refractivity contribution < 1.29 is 9.15 Å². The number of nitrogens with one attached hydrogen (secondary N) is 1. The summed E-state index contributed by atoms with van der Waals surface area (Å²) in [5, 5.41) is 10.8. The number of rotatable bonds is 3. The van der Waals surface area contributed by atoms with E-state index in [1.807, 2.05) is 0 Å². The second kappa shape index (κ2) is 4.59. The first-order valence-corrected chi connectivity index (χ1v) is 5.18. The lowest BCUT2D eigenvalue weighted by atomic mass is 10.1. The number of ether oxygens (including phenoxy) is 1. The van der Waals surface area contributed by atoms with E-state index in [1.54, 1.807) is 0 Å². The fraction of sp³-hybridized carbons (Fsp3) is 0.778. The van der Waals surface area contributed by atoms with Crippen LogP contribution in [-0.4, -0.2) is 29.0 Å².